The largest absolute Gasteiger partial charge is 0.477 e. The second kappa shape index (κ2) is 12.7. The number of aromatic nitrogens is 1. The first kappa shape index (κ1) is 25.2. The molecule has 0 aromatic carbocycles. The van der Waals surface area contributed by atoms with Crippen molar-refractivity contribution in [3.63, 3.8) is 0 Å². The van der Waals surface area contributed by atoms with E-state index in [0.717, 1.165) is 24.1 Å². The third-order valence-electron chi connectivity index (χ3n) is 5.68. The van der Waals surface area contributed by atoms with Crippen LogP contribution in [0.3, 0.4) is 0 Å². The van der Waals surface area contributed by atoms with Crippen LogP contribution in [0.2, 0.25) is 0 Å². The van der Waals surface area contributed by atoms with E-state index in [2.05, 4.69) is 18.0 Å². The number of rotatable bonds is 7. The van der Waals surface area contributed by atoms with Gasteiger partial charge >= 0.3 is 0 Å². The lowest BCUT2D eigenvalue weighted by atomic mass is 9.81. The normalized spacial score (nSPS) is 20.1. The number of halogens is 2. The third kappa shape index (κ3) is 9.75. The van der Waals surface area contributed by atoms with Crippen molar-refractivity contribution in [1.29, 1.82) is 0 Å². The molecule has 0 aliphatic heterocycles. The van der Waals surface area contributed by atoms with E-state index in [4.69, 9.17) is 9.73 Å². The number of aryl methyl sites for hydroxylation is 1. The van der Waals surface area contributed by atoms with Crippen molar-refractivity contribution < 1.29 is 13.5 Å². The summed E-state index contributed by atoms with van der Waals surface area (Å²) >= 11 is 0. The Labute approximate surface area is 186 Å². The maximum absolute atomic E-state index is 13.5. The number of alkyl halides is 2. The highest BCUT2D eigenvalue weighted by Gasteiger charge is 2.37. The number of nitrogens with zero attached hydrogens (tertiary/aromatic N) is 2. The molecule has 0 spiro atoms. The highest BCUT2D eigenvalue weighted by Crippen LogP contribution is 2.40. The molecule has 172 valence electrons. The fourth-order valence-corrected chi connectivity index (χ4v) is 3.55. The van der Waals surface area contributed by atoms with Crippen LogP contribution in [0.15, 0.2) is 52.9 Å². The van der Waals surface area contributed by atoms with Gasteiger partial charge in [0.15, 0.2) is 0 Å². The topological polar surface area (TPSA) is 34.5 Å². The van der Waals surface area contributed by atoms with Crippen molar-refractivity contribution >= 4 is 5.90 Å². The Kier molecular flexibility index (Phi) is 10.4. The van der Waals surface area contributed by atoms with Gasteiger partial charge in [-0.2, -0.15) is 0 Å². The molecule has 2 aliphatic rings. The lowest BCUT2D eigenvalue weighted by Gasteiger charge is -2.30. The van der Waals surface area contributed by atoms with Crippen molar-refractivity contribution in [3.8, 4) is 0 Å². The number of pyridine rings is 1. The monoisotopic (exact) mass is 432 g/mol. The van der Waals surface area contributed by atoms with E-state index >= 15 is 0 Å². The van der Waals surface area contributed by atoms with Gasteiger partial charge in [-0.05, 0) is 76.3 Å². The van der Waals surface area contributed by atoms with E-state index in [9.17, 15) is 8.78 Å². The minimum absolute atomic E-state index is 0.0322. The van der Waals surface area contributed by atoms with Crippen molar-refractivity contribution in [2.45, 2.75) is 85.0 Å². The van der Waals surface area contributed by atoms with Gasteiger partial charge in [-0.3, -0.25) is 4.98 Å². The molecule has 0 N–H and O–H groups in total. The molecule has 5 heteroatoms. The number of hydrogen-bond acceptors (Lipinski definition) is 3. The Morgan fingerprint density at radius 1 is 1.26 bits per heavy atom. The number of unbranched alkanes of at least 4 members (excludes halogenated alkanes) is 1. The van der Waals surface area contributed by atoms with E-state index in [1.165, 1.54) is 18.4 Å². The lowest BCUT2D eigenvalue weighted by Crippen LogP contribution is -2.28. The maximum atomic E-state index is 13.5. The van der Waals surface area contributed by atoms with Gasteiger partial charge in [0.2, 0.25) is 11.8 Å². The molecule has 3 rings (SSSR count). The molecule has 1 aromatic heterocycles. The minimum Gasteiger partial charge on any atom is -0.477 e. The highest BCUT2D eigenvalue weighted by molar-refractivity contribution is 5.94. The summed E-state index contributed by atoms with van der Waals surface area (Å²) in [5, 5.41) is 0. The molecule has 0 bridgehead atoms. The van der Waals surface area contributed by atoms with Crippen LogP contribution < -0.4 is 0 Å². The first-order chi connectivity index (χ1) is 14.8. The first-order valence-electron chi connectivity index (χ1n) is 11.6. The third-order valence-corrected chi connectivity index (χ3v) is 5.68. The summed E-state index contributed by atoms with van der Waals surface area (Å²) in [6.07, 6.45) is 13.2. The number of aliphatic imine (C=N–C) groups is 1. The van der Waals surface area contributed by atoms with E-state index in [-0.39, 0.29) is 18.8 Å². The van der Waals surface area contributed by atoms with Gasteiger partial charge in [-0.1, -0.05) is 31.6 Å². The fourth-order valence-electron chi connectivity index (χ4n) is 3.55. The SMILES string of the molecule is C\C=C(/C(=N/C(C)=C/CCC)OCC1CC1)C1CCC(F)(F)CC1.Cc1cccnc1. The van der Waals surface area contributed by atoms with Crippen molar-refractivity contribution in [1.82, 2.24) is 4.98 Å². The van der Waals surface area contributed by atoms with E-state index in [0.29, 0.717) is 31.3 Å². The Hall–Kier alpha value is -2.04. The summed E-state index contributed by atoms with van der Waals surface area (Å²) in [7, 11) is 0. The molecular weight excluding hydrogens is 394 g/mol. The second-order valence-corrected chi connectivity index (χ2v) is 8.71. The number of allylic oxidation sites excluding steroid dienone is 3. The number of ether oxygens (including phenoxy) is 1. The Morgan fingerprint density at radius 3 is 2.45 bits per heavy atom. The fraction of sp³-hybridized carbons (Fsp3) is 0.615. The first-order valence-corrected chi connectivity index (χ1v) is 11.6. The highest BCUT2D eigenvalue weighted by atomic mass is 19.3. The van der Waals surface area contributed by atoms with Crippen LogP contribution in [0.4, 0.5) is 8.78 Å². The van der Waals surface area contributed by atoms with Crippen LogP contribution in [0.1, 0.15) is 77.7 Å². The van der Waals surface area contributed by atoms with Gasteiger partial charge in [0.25, 0.3) is 0 Å². The van der Waals surface area contributed by atoms with Crippen LogP contribution >= 0.6 is 0 Å². The molecule has 31 heavy (non-hydrogen) atoms. The van der Waals surface area contributed by atoms with Crippen molar-refractivity contribution in [2.24, 2.45) is 16.8 Å². The Balaban J connectivity index is 0.000000412. The van der Waals surface area contributed by atoms with Crippen LogP contribution in [0, 0.1) is 18.8 Å². The Morgan fingerprint density at radius 2 is 1.97 bits per heavy atom. The summed E-state index contributed by atoms with van der Waals surface area (Å²) in [5.41, 5.74) is 3.17. The summed E-state index contributed by atoms with van der Waals surface area (Å²) in [6.45, 7) is 8.80. The van der Waals surface area contributed by atoms with Gasteiger partial charge in [0.1, 0.15) is 0 Å². The zero-order valence-corrected chi connectivity index (χ0v) is 19.5. The molecule has 3 nitrogen and oxygen atoms in total. The zero-order valence-electron chi connectivity index (χ0n) is 19.5. The summed E-state index contributed by atoms with van der Waals surface area (Å²) in [4.78, 5) is 8.58. The average molecular weight is 433 g/mol. The van der Waals surface area contributed by atoms with Crippen LogP contribution in [-0.2, 0) is 4.74 Å². The quantitative estimate of drug-likeness (QED) is 0.327. The lowest BCUT2D eigenvalue weighted by molar-refractivity contribution is -0.0418. The molecular formula is C26H38F2N2O. The maximum Gasteiger partial charge on any atom is 0.248 e. The predicted molar refractivity (Wildman–Crippen MR) is 124 cm³/mol. The van der Waals surface area contributed by atoms with Gasteiger partial charge in [-0.15, -0.1) is 0 Å². The predicted octanol–water partition coefficient (Wildman–Crippen LogP) is 7.68. The summed E-state index contributed by atoms with van der Waals surface area (Å²) < 4.78 is 33.0. The molecule has 0 atom stereocenters. The van der Waals surface area contributed by atoms with E-state index in [1.54, 1.807) is 6.20 Å². The van der Waals surface area contributed by atoms with Crippen LogP contribution in [0.25, 0.3) is 0 Å². The molecule has 0 amide bonds. The summed E-state index contributed by atoms with van der Waals surface area (Å²) in [6, 6.07) is 3.95. The van der Waals surface area contributed by atoms with Gasteiger partial charge in [-0.25, -0.2) is 13.8 Å². The van der Waals surface area contributed by atoms with Crippen LogP contribution in [0.5, 0.6) is 0 Å². The van der Waals surface area contributed by atoms with Crippen molar-refractivity contribution in [3.05, 3.63) is 53.5 Å². The van der Waals surface area contributed by atoms with E-state index in [1.807, 2.05) is 45.2 Å². The standard InChI is InChI=1S/C20H31F2NO.C6H7N/c1-4-6-7-15(3)23-19(24-14-16-8-9-16)18(5-2)17-10-12-20(21,22)13-11-17;1-6-3-2-4-7-5-6/h5,7,16-17H,4,6,8-14H2,1-3H3;2-5H,1H3/b15-7+,18-5-,23-19-;. The Bertz CT molecular complexity index is 742. The summed E-state index contributed by atoms with van der Waals surface area (Å²) in [5.74, 6) is -1.07. The molecule has 1 aromatic rings. The smallest absolute Gasteiger partial charge is 0.248 e. The zero-order chi connectivity index (χ0) is 22.7. The van der Waals surface area contributed by atoms with Gasteiger partial charge < -0.3 is 4.74 Å². The van der Waals surface area contributed by atoms with Crippen molar-refractivity contribution in [2.75, 3.05) is 6.61 Å². The molecule has 0 saturated heterocycles. The number of hydrogen-bond donors (Lipinski definition) is 0. The molecule has 2 fully saturated rings. The van der Waals surface area contributed by atoms with Gasteiger partial charge in [0.05, 0.1) is 6.61 Å². The second-order valence-electron chi connectivity index (χ2n) is 8.71. The molecule has 0 unspecified atom stereocenters. The molecule has 0 radical (unpaired) electrons. The molecule has 2 saturated carbocycles. The van der Waals surface area contributed by atoms with Gasteiger partial charge in [0, 0.05) is 36.5 Å². The molecule has 2 aliphatic carbocycles. The minimum atomic E-state index is -2.50. The van der Waals surface area contributed by atoms with Crippen LogP contribution in [-0.4, -0.2) is 23.4 Å². The average Bonchev–Trinajstić information content (AvgIpc) is 3.57. The van der Waals surface area contributed by atoms with E-state index < -0.39 is 5.92 Å². The molecule has 1 heterocycles.